The summed E-state index contributed by atoms with van der Waals surface area (Å²) >= 11 is 0. The Morgan fingerprint density at radius 3 is 2.33 bits per heavy atom. The van der Waals surface area contributed by atoms with Gasteiger partial charge in [-0.1, -0.05) is 25.5 Å². The predicted molar refractivity (Wildman–Crippen MR) is 127 cm³/mol. The number of nitrogens with one attached hydrogen (secondary N) is 1. The van der Waals surface area contributed by atoms with Crippen molar-refractivity contribution in [3.63, 3.8) is 0 Å². The topological polar surface area (TPSA) is 95.5 Å². The molecule has 2 aromatic rings. The van der Waals surface area contributed by atoms with E-state index in [1.165, 1.54) is 4.57 Å². The summed E-state index contributed by atoms with van der Waals surface area (Å²) in [7, 11) is 0. The number of piperazine rings is 1. The lowest BCUT2D eigenvalue weighted by Crippen LogP contribution is -2.52. The Hall–Kier alpha value is -2.90. The molecule has 1 aliphatic carbocycles. The maximum atomic E-state index is 13.0. The van der Waals surface area contributed by atoms with Crippen LogP contribution in [0.1, 0.15) is 51.9 Å². The molecule has 2 aliphatic rings. The number of hydrogen-bond donors (Lipinski definition) is 1. The molecule has 2 amide bonds. The van der Waals surface area contributed by atoms with Crippen LogP contribution < -0.4 is 11.2 Å². The van der Waals surface area contributed by atoms with E-state index in [0.717, 1.165) is 38.5 Å². The van der Waals surface area contributed by atoms with E-state index >= 15 is 0 Å². The Morgan fingerprint density at radius 1 is 0.970 bits per heavy atom. The van der Waals surface area contributed by atoms with Crippen LogP contribution >= 0.6 is 0 Å². The minimum absolute atomic E-state index is 0.00444. The Labute approximate surface area is 193 Å². The Morgan fingerprint density at radius 2 is 1.64 bits per heavy atom. The molecule has 2 fully saturated rings. The molecular formula is C25H34N4O4. The third-order valence-electron chi connectivity index (χ3n) is 7.21. The number of unbranched alkanes of at least 4 members (excludes halogenated alkanes) is 1. The summed E-state index contributed by atoms with van der Waals surface area (Å²) in [6.45, 7) is 4.93. The van der Waals surface area contributed by atoms with Crippen LogP contribution in [0.3, 0.4) is 0 Å². The first kappa shape index (κ1) is 23.3. The normalized spacial score (nSPS) is 21.4. The molecule has 33 heavy (non-hydrogen) atoms. The highest BCUT2D eigenvalue weighted by Gasteiger charge is 2.32. The average Bonchev–Trinajstić information content (AvgIpc) is 2.85. The van der Waals surface area contributed by atoms with E-state index in [0.29, 0.717) is 50.0 Å². The third-order valence-corrected chi connectivity index (χ3v) is 7.21. The van der Waals surface area contributed by atoms with Crippen LogP contribution in [0.15, 0.2) is 33.9 Å². The molecule has 4 rings (SSSR count). The smallest absolute Gasteiger partial charge is 0.328 e. The molecule has 0 atom stereocenters. The number of carbonyl (C=O) groups is 2. The van der Waals surface area contributed by atoms with Gasteiger partial charge in [0.15, 0.2) is 0 Å². The van der Waals surface area contributed by atoms with Gasteiger partial charge in [0.2, 0.25) is 11.8 Å². The Balaban J connectivity index is 1.29. The maximum Gasteiger partial charge on any atom is 0.328 e. The zero-order valence-corrected chi connectivity index (χ0v) is 19.4. The van der Waals surface area contributed by atoms with Gasteiger partial charge in [0.25, 0.3) is 5.56 Å². The van der Waals surface area contributed by atoms with Gasteiger partial charge in [-0.05, 0) is 50.2 Å². The summed E-state index contributed by atoms with van der Waals surface area (Å²) in [5.74, 6) is 0.593. The van der Waals surface area contributed by atoms with Gasteiger partial charge in [0, 0.05) is 45.1 Å². The number of benzene rings is 1. The highest BCUT2D eigenvalue weighted by atomic mass is 16.2. The molecule has 8 nitrogen and oxygen atoms in total. The van der Waals surface area contributed by atoms with Crippen LogP contribution in [0, 0.1) is 11.8 Å². The Kier molecular flexibility index (Phi) is 7.30. The highest BCUT2D eigenvalue weighted by Crippen LogP contribution is 2.31. The Bertz CT molecular complexity index is 1110. The molecule has 0 radical (unpaired) electrons. The van der Waals surface area contributed by atoms with Gasteiger partial charge in [-0.15, -0.1) is 0 Å². The van der Waals surface area contributed by atoms with Crippen molar-refractivity contribution in [2.24, 2.45) is 11.8 Å². The van der Waals surface area contributed by atoms with Crippen molar-refractivity contribution in [2.75, 3.05) is 26.2 Å². The summed E-state index contributed by atoms with van der Waals surface area (Å²) in [6.07, 6.45) is 5.72. The zero-order chi connectivity index (χ0) is 23.4. The number of amides is 2. The van der Waals surface area contributed by atoms with Gasteiger partial charge in [-0.2, -0.15) is 0 Å². The van der Waals surface area contributed by atoms with Crippen molar-refractivity contribution in [3.8, 4) is 0 Å². The monoisotopic (exact) mass is 454 g/mol. The van der Waals surface area contributed by atoms with Crippen LogP contribution in [0.5, 0.6) is 0 Å². The molecule has 178 valence electrons. The second-order valence-corrected chi connectivity index (χ2v) is 9.42. The summed E-state index contributed by atoms with van der Waals surface area (Å²) in [5, 5.41) is 0.522. The number of rotatable bonds is 6. The molecule has 0 bridgehead atoms. The van der Waals surface area contributed by atoms with Gasteiger partial charge >= 0.3 is 5.69 Å². The van der Waals surface area contributed by atoms with E-state index in [-0.39, 0.29) is 34.9 Å². The first-order valence-electron chi connectivity index (χ1n) is 12.3. The summed E-state index contributed by atoms with van der Waals surface area (Å²) in [5.41, 5.74) is -0.0626. The van der Waals surface area contributed by atoms with Crippen LogP contribution in [0.2, 0.25) is 0 Å². The summed E-state index contributed by atoms with van der Waals surface area (Å²) < 4.78 is 1.31. The predicted octanol–water partition coefficient (Wildman–Crippen LogP) is 2.36. The van der Waals surface area contributed by atoms with Gasteiger partial charge < -0.3 is 14.8 Å². The minimum atomic E-state index is -0.372. The van der Waals surface area contributed by atoms with Crippen LogP contribution in [-0.2, 0) is 16.1 Å². The van der Waals surface area contributed by atoms with E-state index in [2.05, 4.69) is 11.9 Å². The molecule has 8 heteroatoms. The highest BCUT2D eigenvalue weighted by molar-refractivity contribution is 5.80. The third kappa shape index (κ3) is 5.20. The summed E-state index contributed by atoms with van der Waals surface area (Å²) in [4.78, 5) is 57.1. The molecule has 1 aromatic heterocycles. The van der Waals surface area contributed by atoms with E-state index in [1.54, 1.807) is 24.3 Å². The molecule has 0 unspecified atom stereocenters. The molecule has 1 saturated heterocycles. The molecule has 2 heterocycles. The fourth-order valence-electron chi connectivity index (χ4n) is 5.14. The number of H-pyrrole nitrogens is 1. The maximum absolute atomic E-state index is 13.0. The molecule has 0 spiro atoms. The van der Waals surface area contributed by atoms with Gasteiger partial charge in [0.05, 0.1) is 10.9 Å². The molecule has 1 saturated carbocycles. The SMILES string of the molecule is CCCCC(=O)N1CCN(C(=O)C2CCC(Cn3c(=O)[nH]c4ccccc4c3=O)CC2)CC1. The van der Waals surface area contributed by atoms with Crippen molar-refractivity contribution in [1.29, 1.82) is 0 Å². The van der Waals surface area contributed by atoms with Crippen molar-refractivity contribution in [3.05, 3.63) is 45.1 Å². The number of hydrogen-bond acceptors (Lipinski definition) is 4. The first-order chi connectivity index (χ1) is 16.0. The number of para-hydroxylation sites is 1. The lowest BCUT2D eigenvalue weighted by molar-refractivity contribution is -0.143. The fourth-order valence-corrected chi connectivity index (χ4v) is 5.14. The standard InChI is InChI=1S/C25H34N4O4/c1-2-3-8-22(30)27-13-15-28(16-14-27)23(31)19-11-9-18(10-12-19)17-29-24(32)20-6-4-5-7-21(20)26-25(29)33/h4-7,18-19H,2-3,8-17H2,1H3,(H,26,33). The van der Waals surface area contributed by atoms with E-state index in [4.69, 9.17) is 0 Å². The molecular weight excluding hydrogens is 420 g/mol. The van der Waals surface area contributed by atoms with Crippen LogP contribution in [-0.4, -0.2) is 57.3 Å². The molecule has 1 aliphatic heterocycles. The largest absolute Gasteiger partial charge is 0.339 e. The quantitative estimate of drug-likeness (QED) is 0.725. The van der Waals surface area contributed by atoms with Crippen molar-refractivity contribution >= 4 is 22.7 Å². The number of aromatic amines is 1. The number of aromatic nitrogens is 2. The fraction of sp³-hybridized carbons (Fsp3) is 0.600. The molecule has 1 N–H and O–H groups in total. The van der Waals surface area contributed by atoms with Crippen molar-refractivity contribution < 1.29 is 9.59 Å². The van der Waals surface area contributed by atoms with E-state index in [9.17, 15) is 19.2 Å². The van der Waals surface area contributed by atoms with Gasteiger partial charge in [-0.3, -0.25) is 19.0 Å². The second kappa shape index (κ2) is 10.4. The lowest BCUT2D eigenvalue weighted by Gasteiger charge is -2.38. The van der Waals surface area contributed by atoms with E-state index < -0.39 is 0 Å². The number of carbonyl (C=O) groups excluding carboxylic acids is 2. The number of nitrogens with zero attached hydrogens (tertiary/aromatic N) is 3. The average molecular weight is 455 g/mol. The van der Waals surface area contributed by atoms with Crippen LogP contribution in [0.25, 0.3) is 10.9 Å². The van der Waals surface area contributed by atoms with Gasteiger partial charge in [-0.25, -0.2) is 4.79 Å². The van der Waals surface area contributed by atoms with Gasteiger partial charge in [0.1, 0.15) is 0 Å². The number of fused-ring (bicyclic) bond motifs is 1. The first-order valence-corrected chi connectivity index (χ1v) is 12.3. The van der Waals surface area contributed by atoms with Crippen molar-refractivity contribution in [1.82, 2.24) is 19.4 Å². The minimum Gasteiger partial charge on any atom is -0.339 e. The lowest BCUT2D eigenvalue weighted by atomic mass is 9.81. The second-order valence-electron chi connectivity index (χ2n) is 9.42. The van der Waals surface area contributed by atoms with Crippen LogP contribution in [0.4, 0.5) is 0 Å². The van der Waals surface area contributed by atoms with E-state index in [1.807, 2.05) is 9.80 Å². The van der Waals surface area contributed by atoms with Crippen molar-refractivity contribution in [2.45, 2.75) is 58.4 Å². The zero-order valence-electron chi connectivity index (χ0n) is 19.4. The molecule has 1 aromatic carbocycles. The summed E-state index contributed by atoms with van der Waals surface area (Å²) in [6, 6.07) is 7.06.